The molecule has 3 aliphatic rings. The molecular weight excluding hydrogens is 424 g/mol. The van der Waals surface area contributed by atoms with E-state index in [1.807, 2.05) is 29.2 Å². The molecule has 1 unspecified atom stereocenters. The summed E-state index contributed by atoms with van der Waals surface area (Å²) < 4.78 is 6.07. The summed E-state index contributed by atoms with van der Waals surface area (Å²) in [5.74, 6) is 1.33. The van der Waals surface area contributed by atoms with Gasteiger partial charge in [-0.15, -0.1) is 0 Å². The average molecular weight is 459 g/mol. The van der Waals surface area contributed by atoms with Crippen LogP contribution >= 0.6 is 0 Å². The van der Waals surface area contributed by atoms with Crippen LogP contribution in [0.15, 0.2) is 42.5 Å². The smallest absolute Gasteiger partial charge is 0.226 e. The van der Waals surface area contributed by atoms with Crippen LogP contribution in [-0.4, -0.2) is 54.2 Å². The quantitative estimate of drug-likeness (QED) is 0.605. The largest absolute Gasteiger partial charge is 0.487 e. The van der Waals surface area contributed by atoms with Crippen molar-refractivity contribution in [2.45, 2.75) is 46.1 Å². The molecule has 0 spiro atoms. The molecule has 5 heteroatoms. The molecule has 178 valence electrons. The van der Waals surface area contributed by atoms with E-state index in [1.54, 1.807) is 0 Å². The molecule has 5 nitrogen and oxygen atoms in total. The second kappa shape index (κ2) is 9.75. The highest BCUT2D eigenvalue weighted by molar-refractivity contribution is 6.31. The number of Topliss-reactive ketones (excluding diaryl/α,β-unsaturated/α-hetero) is 1. The van der Waals surface area contributed by atoms with Crippen LogP contribution in [0.4, 0.5) is 0 Å². The second-order valence-corrected chi connectivity index (χ2v) is 9.64. The molecule has 2 heterocycles. The first-order chi connectivity index (χ1) is 16.6. The number of nitrogens with zero attached hydrogens (tertiary/aromatic N) is 2. The van der Waals surface area contributed by atoms with E-state index in [0.717, 1.165) is 85.6 Å². The molecule has 2 aliphatic heterocycles. The Balaban J connectivity index is 1.27. The molecule has 0 saturated carbocycles. The van der Waals surface area contributed by atoms with Crippen LogP contribution in [0.2, 0.25) is 0 Å². The number of piperidine rings is 1. The van der Waals surface area contributed by atoms with Crippen LogP contribution < -0.4 is 0 Å². The minimum Gasteiger partial charge on any atom is -0.487 e. The summed E-state index contributed by atoms with van der Waals surface area (Å²) in [5.41, 5.74) is 6.32. The summed E-state index contributed by atoms with van der Waals surface area (Å²) in [6, 6.07) is 14.5. The lowest BCUT2D eigenvalue weighted by Crippen LogP contribution is -2.45. The summed E-state index contributed by atoms with van der Waals surface area (Å²) in [7, 11) is 0. The number of hydrogen-bond donors (Lipinski definition) is 0. The summed E-state index contributed by atoms with van der Waals surface area (Å²) in [6.07, 6.45) is 3.50. The van der Waals surface area contributed by atoms with Crippen LogP contribution in [0.5, 0.6) is 0 Å². The first-order valence-corrected chi connectivity index (χ1v) is 12.7. The summed E-state index contributed by atoms with van der Waals surface area (Å²) in [5, 5.41) is 0. The Hall–Kier alpha value is -2.92. The van der Waals surface area contributed by atoms with Crippen molar-refractivity contribution in [1.82, 2.24) is 9.80 Å². The molecule has 0 N–H and O–H groups in total. The lowest BCUT2D eigenvalue weighted by molar-refractivity contribution is -0.137. The standard InChI is InChI=1S/C29H34N2O3/c1-3-31(4-2)29(33)22-9-7-14-30(18-22)15-13-20-11-12-25-23(16-20)19-34-28(25)27-24-10-6-5-8-21(24)17-26(27)32/h5-6,8,10-12,16,22H,3-4,7,9,13-15,17-19H2,1-2H3/b28-27+. The van der Waals surface area contributed by atoms with Crippen molar-refractivity contribution in [3.05, 3.63) is 70.3 Å². The molecule has 0 bridgehead atoms. The molecule has 0 radical (unpaired) electrons. The highest BCUT2D eigenvalue weighted by atomic mass is 16.5. The zero-order chi connectivity index (χ0) is 23.7. The van der Waals surface area contributed by atoms with Gasteiger partial charge in [-0.1, -0.05) is 42.5 Å². The van der Waals surface area contributed by atoms with Gasteiger partial charge in [0, 0.05) is 43.7 Å². The third kappa shape index (κ3) is 4.29. The van der Waals surface area contributed by atoms with Gasteiger partial charge in [-0.3, -0.25) is 9.59 Å². The van der Waals surface area contributed by atoms with E-state index in [9.17, 15) is 9.59 Å². The molecule has 0 aromatic heterocycles. The van der Waals surface area contributed by atoms with Crippen molar-refractivity contribution in [3.8, 4) is 0 Å². The van der Waals surface area contributed by atoms with Gasteiger partial charge < -0.3 is 14.5 Å². The zero-order valence-corrected chi connectivity index (χ0v) is 20.3. The zero-order valence-electron chi connectivity index (χ0n) is 20.3. The lowest BCUT2D eigenvalue weighted by atomic mass is 9.95. The van der Waals surface area contributed by atoms with Gasteiger partial charge in [0.15, 0.2) is 5.78 Å². The van der Waals surface area contributed by atoms with Crippen molar-refractivity contribution in [1.29, 1.82) is 0 Å². The van der Waals surface area contributed by atoms with Crippen LogP contribution in [0, 0.1) is 5.92 Å². The Morgan fingerprint density at radius 3 is 2.74 bits per heavy atom. The van der Waals surface area contributed by atoms with Gasteiger partial charge in [-0.2, -0.15) is 0 Å². The number of hydrogen-bond acceptors (Lipinski definition) is 4. The molecule has 1 aliphatic carbocycles. The fraction of sp³-hybridized carbons (Fsp3) is 0.448. The van der Waals surface area contributed by atoms with Crippen molar-refractivity contribution in [2.75, 3.05) is 32.7 Å². The molecule has 2 aromatic rings. The predicted octanol–water partition coefficient (Wildman–Crippen LogP) is 4.33. The number of ether oxygens (including phenoxy) is 1. The fourth-order valence-corrected chi connectivity index (χ4v) is 5.70. The van der Waals surface area contributed by atoms with E-state index in [2.05, 4.69) is 36.9 Å². The van der Waals surface area contributed by atoms with Gasteiger partial charge in [0.05, 0.1) is 11.5 Å². The third-order valence-corrected chi connectivity index (χ3v) is 7.58. The van der Waals surface area contributed by atoms with E-state index >= 15 is 0 Å². The predicted molar refractivity (Wildman–Crippen MR) is 134 cm³/mol. The van der Waals surface area contributed by atoms with E-state index in [-0.39, 0.29) is 11.7 Å². The van der Waals surface area contributed by atoms with Crippen molar-refractivity contribution >= 4 is 23.0 Å². The number of amides is 1. The first kappa shape index (κ1) is 22.9. The number of carbonyl (C=O) groups excluding carboxylic acids is 2. The molecule has 34 heavy (non-hydrogen) atoms. The molecular formula is C29H34N2O3. The maximum atomic E-state index is 12.8. The number of allylic oxidation sites excluding steroid dienone is 1. The Morgan fingerprint density at radius 1 is 1.09 bits per heavy atom. The maximum Gasteiger partial charge on any atom is 0.226 e. The highest BCUT2D eigenvalue weighted by Gasteiger charge is 2.32. The van der Waals surface area contributed by atoms with E-state index in [0.29, 0.717) is 18.9 Å². The molecule has 5 rings (SSSR count). The Bertz CT molecular complexity index is 1130. The van der Waals surface area contributed by atoms with Crippen molar-refractivity contribution < 1.29 is 14.3 Å². The second-order valence-electron chi connectivity index (χ2n) is 9.64. The number of benzene rings is 2. The highest BCUT2D eigenvalue weighted by Crippen LogP contribution is 2.40. The van der Waals surface area contributed by atoms with Crippen LogP contribution in [0.3, 0.4) is 0 Å². The minimum absolute atomic E-state index is 0.128. The van der Waals surface area contributed by atoms with E-state index < -0.39 is 0 Å². The van der Waals surface area contributed by atoms with Gasteiger partial charge in [0.2, 0.25) is 5.91 Å². The van der Waals surface area contributed by atoms with Crippen LogP contribution in [0.25, 0.3) is 11.3 Å². The SMILES string of the molecule is CCN(CC)C(=O)C1CCCN(CCc2ccc3c(c2)CO/C3=C2/C(=O)Cc3ccccc32)C1. The number of carbonyl (C=O) groups is 2. The van der Waals surface area contributed by atoms with Gasteiger partial charge >= 0.3 is 0 Å². The molecule has 1 saturated heterocycles. The molecule has 1 fully saturated rings. The van der Waals surface area contributed by atoms with Crippen LogP contribution in [0.1, 0.15) is 54.5 Å². The van der Waals surface area contributed by atoms with Crippen molar-refractivity contribution in [2.24, 2.45) is 5.92 Å². The topological polar surface area (TPSA) is 49.9 Å². The lowest BCUT2D eigenvalue weighted by Gasteiger charge is -2.34. The van der Waals surface area contributed by atoms with Gasteiger partial charge in [-0.25, -0.2) is 0 Å². The maximum absolute atomic E-state index is 12.8. The number of likely N-dealkylation sites (tertiary alicyclic amines) is 1. The molecule has 1 atom stereocenters. The van der Waals surface area contributed by atoms with Crippen LogP contribution in [-0.2, 0) is 33.8 Å². The number of fused-ring (bicyclic) bond motifs is 2. The van der Waals surface area contributed by atoms with Gasteiger partial charge in [-0.05, 0) is 56.3 Å². The first-order valence-electron chi connectivity index (χ1n) is 12.7. The van der Waals surface area contributed by atoms with Gasteiger partial charge in [0.25, 0.3) is 0 Å². The Labute approximate surface area is 202 Å². The van der Waals surface area contributed by atoms with E-state index in [4.69, 9.17) is 4.74 Å². The summed E-state index contributed by atoms with van der Waals surface area (Å²) in [6.45, 7) is 9.10. The summed E-state index contributed by atoms with van der Waals surface area (Å²) >= 11 is 0. The van der Waals surface area contributed by atoms with Gasteiger partial charge in [0.1, 0.15) is 12.4 Å². The Kier molecular flexibility index (Phi) is 6.55. The normalized spacial score (nSPS) is 21.8. The van der Waals surface area contributed by atoms with E-state index in [1.165, 1.54) is 5.56 Å². The summed E-state index contributed by atoms with van der Waals surface area (Å²) in [4.78, 5) is 30.0. The minimum atomic E-state index is 0.128. The number of rotatable bonds is 6. The average Bonchev–Trinajstić information content (AvgIpc) is 3.42. The number of ketones is 1. The third-order valence-electron chi connectivity index (χ3n) is 7.58. The Morgan fingerprint density at radius 2 is 1.91 bits per heavy atom. The fourth-order valence-electron chi connectivity index (χ4n) is 5.70. The monoisotopic (exact) mass is 458 g/mol. The van der Waals surface area contributed by atoms with Crippen molar-refractivity contribution in [3.63, 3.8) is 0 Å². The molecule has 2 aromatic carbocycles. The molecule has 1 amide bonds.